The van der Waals surface area contributed by atoms with Crippen LogP contribution in [0.4, 0.5) is 5.00 Å². The van der Waals surface area contributed by atoms with Gasteiger partial charge in [-0.25, -0.2) is 9.48 Å². The fourth-order valence-corrected chi connectivity index (χ4v) is 4.44. The van der Waals surface area contributed by atoms with Gasteiger partial charge in [-0.1, -0.05) is 41.4 Å². The lowest BCUT2D eigenvalue weighted by Crippen LogP contribution is -2.13. The van der Waals surface area contributed by atoms with Crippen molar-refractivity contribution in [3.05, 3.63) is 67.8 Å². The fourth-order valence-electron chi connectivity index (χ4n) is 3.08. The first kappa shape index (κ1) is 22.5. The van der Waals surface area contributed by atoms with Crippen LogP contribution in [0, 0.1) is 32.1 Å². The van der Waals surface area contributed by atoms with Crippen LogP contribution in [-0.4, -0.2) is 28.3 Å². The second kappa shape index (κ2) is 9.33. The number of thiophene rings is 1. The average Bonchev–Trinajstić information content (AvgIpc) is 3.18. The van der Waals surface area contributed by atoms with Crippen molar-refractivity contribution in [3.8, 4) is 6.07 Å². The van der Waals surface area contributed by atoms with Crippen molar-refractivity contribution in [3.63, 3.8) is 0 Å². The molecule has 7 nitrogen and oxygen atoms in total. The van der Waals surface area contributed by atoms with Crippen LogP contribution < -0.4 is 5.32 Å². The van der Waals surface area contributed by atoms with Crippen molar-refractivity contribution < 1.29 is 14.3 Å². The van der Waals surface area contributed by atoms with Gasteiger partial charge in [-0.2, -0.15) is 10.4 Å². The number of esters is 1. The van der Waals surface area contributed by atoms with E-state index in [0.717, 1.165) is 22.5 Å². The van der Waals surface area contributed by atoms with Crippen molar-refractivity contribution in [2.45, 2.75) is 34.2 Å². The summed E-state index contributed by atoms with van der Waals surface area (Å²) in [6, 6.07) is 10.00. The Morgan fingerprint density at radius 3 is 2.55 bits per heavy atom. The summed E-state index contributed by atoms with van der Waals surface area (Å²) < 4.78 is 6.59. The Bertz CT molecular complexity index is 1190. The number of ether oxygens (including phenoxy) is 1. The standard InChI is InChI=1S/C22H21ClN4O3S/c1-5-30-22(29)18-13(3)16(10-24)21(31-18)25-20(28)17-14(4)26-27(19(17)23)11-15-8-6-12(2)7-9-15/h6-9H,5,11H2,1-4H3,(H,25,28). The zero-order chi connectivity index (χ0) is 22.7. The highest BCUT2D eigenvalue weighted by Gasteiger charge is 2.25. The summed E-state index contributed by atoms with van der Waals surface area (Å²) in [5.41, 5.74) is 3.53. The number of carbonyl (C=O) groups is 2. The lowest BCUT2D eigenvalue weighted by Gasteiger charge is -2.05. The Morgan fingerprint density at radius 2 is 1.94 bits per heavy atom. The second-order valence-electron chi connectivity index (χ2n) is 6.94. The normalized spacial score (nSPS) is 10.6. The van der Waals surface area contributed by atoms with Gasteiger partial charge in [0.05, 0.1) is 30.0 Å². The summed E-state index contributed by atoms with van der Waals surface area (Å²) in [4.78, 5) is 25.4. The highest BCUT2D eigenvalue weighted by atomic mass is 35.5. The van der Waals surface area contributed by atoms with E-state index in [9.17, 15) is 14.9 Å². The Labute approximate surface area is 189 Å². The minimum Gasteiger partial charge on any atom is -0.462 e. The average molecular weight is 457 g/mol. The van der Waals surface area contributed by atoms with Gasteiger partial charge in [0, 0.05) is 0 Å². The first-order valence-electron chi connectivity index (χ1n) is 9.57. The number of nitriles is 1. The topological polar surface area (TPSA) is 97.0 Å². The minimum absolute atomic E-state index is 0.202. The molecule has 0 aliphatic heterocycles. The summed E-state index contributed by atoms with van der Waals surface area (Å²) in [6.45, 7) is 7.69. The van der Waals surface area contributed by atoms with Crippen LogP contribution in [0.25, 0.3) is 0 Å². The Morgan fingerprint density at radius 1 is 1.26 bits per heavy atom. The SMILES string of the molecule is CCOC(=O)c1sc(NC(=O)c2c(C)nn(Cc3ccc(C)cc3)c2Cl)c(C#N)c1C. The molecule has 0 fully saturated rings. The van der Waals surface area contributed by atoms with Crippen molar-refractivity contribution in [1.29, 1.82) is 5.26 Å². The summed E-state index contributed by atoms with van der Waals surface area (Å²) in [5.74, 6) is -1.02. The number of nitrogens with one attached hydrogen (secondary N) is 1. The van der Waals surface area contributed by atoms with E-state index in [0.29, 0.717) is 17.8 Å². The summed E-state index contributed by atoms with van der Waals surface area (Å²) in [6.07, 6.45) is 0. The molecule has 0 saturated heterocycles. The maximum Gasteiger partial charge on any atom is 0.348 e. The Kier molecular flexibility index (Phi) is 6.78. The molecular formula is C22H21ClN4O3S. The third-order valence-electron chi connectivity index (χ3n) is 4.69. The zero-order valence-corrected chi connectivity index (χ0v) is 19.1. The van der Waals surface area contributed by atoms with E-state index in [1.807, 2.05) is 37.3 Å². The number of carbonyl (C=O) groups excluding carboxylic acids is 2. The lowest BCUT2D eigenvalue weighted by molar-refractivity contribution is 0.0531. The van der Waals surface area contributed by atoms with E-state index >= 15 is 0 Å². The van der Waals surface area contributed by atoms with Crippen LogP contribution in [0.5, 0.6) is 0 Å². The number of amides is 1. The van der Waals surface area contributed by atoms with Crippen molar-refractivity contribution in [1.82, 2.24) is 9.78 Å². The first-order chi connectivity index (χ1) is 14.8. The van der Waals surface area contributed by atoms with Crippen LogP contribution >= 0.6 is 22.9 Å². The number of hydrogen-bond donors (Lipinski definition) is 1. The van der Waals surface area contributed by atoms with Gasteiger partial charge in [-0.15, -0.1) is 11.3 Å². The molecule has 0 atom stereocenters. The summed E-state index contributed by atoms with van der Waals surface area (Å²) in [5, 5.41) is 17.1. The van der Waals surface area contributed by atoms with E-state index in [4.69, 9.17) is 16.3 Å². The molecule has 3 rings (SSSR count). The molecule has 0 radical (unpaired) electrons. The molecule has 0 aliphatic rings. The first-order valence-corrected chi connectivity index (χ1v) is 10.8. The maximum absolute atomic E-state index is 13.0. The number of aryl methyl sites for hydroxylation is 2. The van der Waals surface area contributed by atoms with E-state index in [1.165, 1.54) is 0 Å². The molecule has 0 unspecified atom stereocenters. The molecule has 1 aromatic carbocycles. The molecule has 0 spiro atoms. The number of benzene rings is 1. The van der Waals surface area contributed by atoms with Crippen LogP contribution in [-0.2, 0) is 11.3 Å². The van der Waals surface area contributed by atoms with Gasteiger partial charge in [0.15, 0.2) is 0 Å². The van der Waals surface area contributed by atoms with Gasteiger partial charge >= 0.3 is 5.97 Å². The number of rotatable bonds is 6. The van der Waals surface area contributed by atoms with Gasteiger partial charge in [-0.05, 0) is 38.8 Å². The Hall–Kier alpha value is -3.15. The molecule has 31 heavy (non-hydrogen) atoms. The molecule has 0 saturated carbocycles. The minimum atomic E-state index is -0.526. The van der Waals surface area contributed by atoms with Gasteiger partial charge in [-0.3, -0.25) is 4.79 Å². The molecule has 2 aromatic heterocycles. The predicted octanol–water partition coefficient (Wildman–Crippen LogP) is 4.87. The predicted molar refractivity (Wildman–Crippen MR) is 120 cm³/mol. The molecule has 3 aromatic rings. The van der Waals surface area contributed by atoms with Gasteiger partial charge in [0.25, 0.3) is 5.91 Å². The highest BCUT2D eigenvalue weighted by molar-refractivity contribution is 7.18. The van der Waals surface area contributed by atoms with E-state index < -0.39 is 11.9 Å². The van der Waals surface area contributed by atoms with E-state index in [1.54, 1.807) is 25.5 Å². The van der Waals surface area contributed by atoms with Crippen molar-refractivity contribution in [2.24, 2.45) is 0 Å². The molecule has 160 valence electrons. The number of halogens is 1. The summed E-state index contributed by atoms with van der Waals surface area (Å²) in [7, 11) is 0. The monoisotopic (exact) mass is 456 g/mol. The van der Waals surface area contributed by atoms with Crippen LogP contribution in [0.3, 0.4) is 0 Å². The summed E-state index contributed by atoms with van der Waals surface area (Å²) >= 11 is 7.48. The van der Waals surface area contributed by atoms with Crippen molar-refractivity contribution in [2.75, 3.05) is 11.9 Å². The van der Waals surface area contributed by atoms with Gasteiger partial charge in [0.2, 0.25) is 0 Å². The quantitative estimate of drug-likeness (QED) is 0.533. The van der Waals surface area contributed by atoms with Crippen molar-refractivity contribution >= 4 is 39.8 Å². The number of nitrogens with zero attached hydrogens (tertiary/aromatic N) is 3. The maximum atomic E-state index is 13.0. The van der Waals surface area contributed by atoms with Crippen LogP contribution in [0.2, 0.25) is 5.15 Å². The molecule has 1 amide bonds. The molecule has 1 N–H and O–H groups in total. The molecule has 2 heterocycles. The molecule has 0 aliphatic carbocycles. The van der Waals surface area contributed by atoms with E-state index in [2.05, 4.69) is 10.4 Å². The molecular weight excluding hydrogens is 436 g/mol. The highest BCUT2D eigenvalue weighted by Crippen LogP contribution is 2.34. The number of anilines is 1. The number of aromatic nitrogens is 2. The third kappa shape index (κ3) is 4.63. The largest absolute Gasteiger partial charge is 0.462 e. The van der Waals surface area contributed by atoms with Gasteiger partial charge in [0.1, 0.15) is 21.1 Å². The zero-order valence-electron chi connectivity index (χ0n) is 17.6. The second-order valence-corrected chi connectivity index (χ2v) is 8.32. The fraction of sp³-hybridized carbons (Fsp3) is 0.273. The molecule has 0 bridgehead atoms. The smallest absolute Gasteiger partial charge is 0.348 e. The Balaban J connectivity index is 1.88. The van der Waals surface area contributed by atoms with Gasteiger partial charge < -0.3 is 10.1 Å². The third-order valence-corrected chi connectivity index (χ3v) is 6.26. The van der Waals surface area contributed by atoms with Crippen LogP contribution in [0.1, 0.15) is 54.9 Å². The van der Waals surface area contributed by atoms with E-state index in [-0.39, 0.29) is 32.8 Å². The van der Waals surface area contributed by atoms with Crippen LogP contribution in [0.15, 0.2) is 24.3 Å². The molecule has 9 heteroatoms. The lowest BCUT2D eigenvalue weighted by atomic mass is 10.1. The number of hydrogen-bond acceptors (Lipinski definition) is 6.